The number of anilines is 1. The van der Waals surface area contributed by atoms with Crippen molar-refractivity contribution in [2.75, 3.05) is 5.01 Å². The molecule has 2 aromatic rings. The molecule has 1 heterocycles. The summed E-state index contributed by atoms with van der Waals surface area (Å²) in [6.07, 6.45) is 0. The van der Waals surface area contributed by atoms with Gasteiger partial charge in [0.15, 0.2) is 0 Å². The van der Waals surface area contributed by atoms with E-state index in [1.165, 1.54) is 11.3 Å². The molecule has 76 valence electrons. The van der Waals surface area contributed by atoms with Gasteiger partial charge in [-0.1, -0.05) is 24.3 Å². The van der Waals surface area contributed by atoms with E-state index in [1.807, 2.05) is 29.6 Å². The fraction of sp³-hybridized carbons (Fsp3) is 0. The Morgan fingerprint density at radius 1 is 1.13 bits per heavy atom. The number of carbonyl (C=O) groups excluding carboxylic acids is 1. The SMILES string of the molecule is NN(C(=O)c1cccs1)c1ccccc1. The Bertz CT molecular complexity index is 439. The highest BCUT2D eigenvalue weighted by atomic mass is 32.1. The van der Waals surface area contributed by atoms with Crippen molar-refractivity contribution >= 4 is 22.9 Å². The van der Waals surface area contributed by atoms with Crippen LogP contribution in [-0.4, -0.2) is 5.91 Å². The molecule has 0 spiro atoms. The summed E-state index contributed by atoms with van der Waals surface area (Å²) >= 11 is 1.38. The lowest BCUT2D eigenvalue weighted by Gasteiger charge is -2.15. The van der Waals surface area contributed by atoms with Gasteiger partial charge in [0.1, 0.15) is 0 Å². The smallest absolute Gasteiger partial charge is 0.266 e. The lowest BCUT2D eigenvalue weighted by molar-refractivity contribution is 0.0991. The summed E-state index contributed by atoms with van der Waals surface area (Å²) in [7, 11) is 0. The van der Waals surface area contributed by atoms with Crippen LogP contribution >= 0.6 is 11.3 Å². The first-order valence-electron chi connectivity index (χ1n) is 4.47. The van der Waals surface area contributed by atoms with Crippen LogP contribution in [0, 0.1) is 0 Å². The summed E-state index contributed by atoms with van der Waals surface area (Å²) in [5, 5.41) is 3.01. The second kappa shape index (κ2) is 4.25. The van der Waals surface area contributed by atoms with Crippen LogP contribution in [0.25, 0.3) is 0 Å². The van der Waals surface area contributed by atoms with E-state index < -0.39 is 0 Å². The van der Waals surface area contributed by atoms with Crippen molar-refractivity contribution in [1.29, 1.82) is 0 Å². The molecular formula is C11H10N2OS. The Morgan fingerprint density at radius 2 is 1.87 bits per heavy atom. The molecule has 0 aliphatic rings. The number of hydrogen-bond acceptors (Lipinski definition) is 3. The van der Waals surface area contributed by atoms with Crippen LogP contribution in [0.3, 0.4) is 0 Å². The van der Waals surface area contributed by atoms with Crippen LogP contribution in [0.2, 0.25) is 0 Å². The van der Waals surface area contributed by atoms with Gasteiger partial charge in [-0.05, 0) is 23.6 Å². The van der Waals surface area contributed by atoms with Crippen molar-refractivity contribution in [1.82, 2.24) is 0 Å². The number of amides is 1. The molecular weight excluding hydrogens is 208 g/mol. The molecule has 0 aliphatic heterocycles. The summed E-state index contributed by atoms with van der Waals surface area (Å²) in [5.41, 5.74) is 0.691. The quantitative estimate of drug-likeness (QED) is 0.477. The number of carbonyl (C=O) groups is 1. The average Bonchev–Trinajstić information content (AvgIpc) is 2.82. The Kier molecular flexibility index (Phi) is 2.80. The third kappa shape index (κ3) is 2.06. The Labute approximate surface area is 91.7 Å². The van der Waals surface area contributed by atoms with Crippen LogP contribution in [0.1, 0.15) is 9.67 Å². The topological polar surface area (TPSA) is 46.3 Å². The number of nitrogens with two attached hydrogens (primary N) is 1. The molecule has 0 atom stereocenters. The van der Waals surface area contributed by atoms with Crippen LogP contribution in [-0.2, 0) is 0 Å². The number of hydrogen-bond donors (Lipinski definition) is 1. The molecule has 0 saturated carbocycles. The van der Waals surface area contributed by atoms with Crippen molar-refractivity contribution in [2.45, 2.75) is 0 Å². The molecule has 15 heavy (non-hydrogen) atoms. The first-order chi connectivity index (χ1) is 7.29. The molecule has 2 rings (SSSR count). The largest absolute Gasteiger partial charge is 0.282 e. The summed E-state index contributed by atoms with van der Waals surface area (Å²) in [5.74, 6) is 5.54. The second-order valence-corrected chi connectivity index (χ2v) is 3.94. The zero-order chi connectivity index (χ0) is 10.7. The third-order valence-electron chi connectivity index (χ3n) is 1.99. The molecule has 0 aliphatic carbocycles. The van der Waals surface area contributed by atoms with Crippen molar-refractivity contribution in [3.8, 4) is 0 Å². The molecule has 0 bridgehead atoms. The summed E-state index contributed by atoms with van der Waals surface area (Å²) in [6, 6.07) is 12.8. The highest BCUT2D eigenvalue weighted by Crippen LogP contribution is 2.15. The monoisotopic (exact) mass is 218 g/mol. The molecule has 1 aromatic heterocycles. The molecule has 0 fully saturated rings. The van der Waals surface area contributed by atoms with E-state index in [1.54, 1.807) is 18.2 Å². The zero-order valence-corrected chi connectivity index (χ0v) is 8.78. The number of rotatable bonds is 2. The lowest BCUT2D eigenvalue weighted by Crippen LogP contribution is -2.36. The van der Waals surface area contributed by atoms with E-state index in [0.717, 1.165) is 5.01 Å². The summed E-state index contributed by atoms with van der Waals surface area (Å²) in [6.45, 7) is 0. The van der Waals surface area contributed by atoms with Gasteiger partial charge in [-0.3, -0.25) is 4.79 Å². The van der Waals surface area contributed by atoms with Gasteiger partial charge in [-0.15, -0.1) is 11.3 Å². The summed E-state index contributed by atoms with van der Waals surface area (Å²) < 4.78 is 0. The molecule has 4 heteroatoms. The fourth-order valence-electron chi connectivity index (χ4n) is 1.22. The van der Waals surface area contributed by atoms with Crippen LogP contribution < -0.4 is 10.9 Å². The predicted molar refractivity (Wildman–Crippen MR) is 61.8 cm³/mol. The molecule has 0 saturated heterocycles. The van der Waals surface area contributed by atoms with E-state index in [0.29, 0.717) is 10.6 Å². The van der Waals surface area contributed by atoms with Crippen molar-refractivity contribution in [3.63, 3.8) is 0 Å². The molecule has 0 unspecified atom stereocenters. The van der Waals surface area contributed by atoms with Gasteiger partial charge in [-0.2, -0.15) is 0 Å². The number of thiophene rings is 1. The average molecular weight is 218 g/mol. The first-order valence-corrected chi connectivity index (χ1v) is 5.35. The molecule has 3 nitrogen and oxygen atoms in total. The minimum Gasteiger partial charge on any atom is -0.266 e. The standard InChI is InChI=1S/C11H10N2OS/c12-13(9-5-2-1-3-6-9)11(14)10-7-4-8-15-10/h1-8H,12H2. The molecule has 2 N–H and O–H groups in total. The van der Waals surface area contributed by atoms with E-state index in [2.05, 4.69) is 0 Å². The predicted octanol–water partition coefficient (Wildman–Crippen LogP) is 2.27. The number of benzene rings is 1. The Hall–Kier alpha value is -1.65. The Morgan fingerprint density at radius 3 is 2.47 bits per heavy atom. The van der Waals surface area contributed by atoms with E-state index in [4.69, 9.17) is 5.84 Å². The number of para-hydroxylation sites is 1. The van der Waals surface area contributed by atoms with Gasteiger partial charge < -0.3 is 0 Å². The van der Waals surface area contributed by atoms with E-state index >= 15 is 0 Å². The van der Waals surface area contributed by atoms with Crippen LogP contribution in [0.15, 0.2) is 47.8 Å². The van der Waals surface area contributed by atoms with E-state index in [-0.39, 0.29) is 5.91 Å². The summed E-state index contributed by atoms with van der Waals surface area (Å²) in [4.78, 5) is 12.5. The highest BCUT2D eigenvalue weighted by molar-refractivity contribution is 7.12. The van der Waals surface area contributed by atoms with Gasteiger partial charge in [0.05, 0.1) is 10.6 Å². The second-order valence-electron chi connectivity index (χ2n) is 2.99. The highest BCUT2D eigenvalue weighted by Gasteiger charge is 2.14. The molecule has 1 amide bonds. The van der Waals surface area contributed by atoms with Crippen LogP contribution in [0.4, 0.5) is 5.69 Å². The van der Waals surface area contributed by atoms with Gasteiger partial charge in [-0.25, -0.2) is 10.9 Å². The van der Waals surface area contributed by atoms with Gasteiger partial charge in [0.25, 0.3) is 5.91 Å². The minimum atomic E-state index is -0.184. The Balaban J connectivity index is 2.23. The van der Waals surface area contributed by atoms with Gasteiger partial charge in [0, 0.05) is 0 Å². The normalized spacial score (nSPS) is 9.93. The number of nitrogens with zero attached hydrogens (tertiary/aromatic N) is 1. The molecule has 0 radical (unpaired) electrons. The third-order valence-corrected chi connectivity index (χ3v) is 2.84. The molecule has 1 aromatic carbocycles. The van der Waals surface area contributed by atoms with E-state index in [9.17, 15) is 4.79 Å². The minimum absolute atomic E-state index is 0.184. The lowest BCUT2D eigenvalue weighted by atomic mass is 10.3. The first kappa shape index (κ1) is 9.89. The van der Waals surface area contributed by atoms with Crippen molar-refractivity contribution < 1.29 is 4.79 Å². The van der Waals surface area contributed by atoms with Crippen LogP contribution in [0.5, 0.6) is 0 Å². The number of hydrazine groups is 1. The fourth-order valence-corrected chi connectivity index (χ4v) is 1.88. The van der Waals surface area contributed by atoms with Gasteiger partial charge in [0.2, 0.25) is 0 Å². The maximum Gasteiger partial charge on any atom is 0.282 e. The van der Waals surface area contributed by atoms with Gasteiger partial charge >= 0.3 is 0 Å². The maximum atomic E-state index is 11.8. The van der Waals surface area contributed by atoms with Crippen molar-refractivity contribution in [2.24, 2.45) is 5.84 Å². The zero-order valence-electron chi connectivity index (χ0n) is 7.96. The van der Waals surface area contributed by atoms with Crippen molar-refractivity contribution in [3.05, 3.63) is 52.7 Å². The maximum absolute atomic E-state index is 11.8.